The average molecular weight is 253 g/mol. The van der Waals surface area contributed by atoms with E-state index in [0.29, 0.717) is 23.8 Å². The number of aromatic amines is 1. The van der Waals surface area contributed by atoms with Crippen molar-refractivity contribution in [2.24, 2.45) is 0 Å². The Morgan fingerprint density at radius 2 is 2.29 bits per heavy atom. The Labute approximate surface area is 97.6 Å². The van der Waals surface area contributed by atoms with Gasteiger partial charge in [-0.05, 0) is 0 Å². The molecule has 3 rings (SSSR count). The van der Waals surface area contributed by atoms with Crippen LogP contribution in [-0.2, 0) is 16.4 Å². The Morgan fingerprint density at radius 1 is 1.47 bits per heavy atom. The van der Waals surface area contributed by atoms with Crippen molar-refractivity contribution in [2.45, 2.75) is 11.8 Å². The Balaban J connectivity index is 2.23. The number of nitrogens with two attached hydrogens (primary N) is 1. The summed E-state index contributed by atoms with van der Waals surface area (Å²) in [6.07, 6.45) is 4.62. The van der Waals surface area contributed by atoms with E-state index < -0.39 is 15.1 Å². The van der Waals surface area contributed by atoms with E-state index in [2.05, 4.69) is 15.2 Å². The summed E-state index contributed by atoms with van der Waals surface area (Å²) in [5.74, 6) is 0.416. The smallest absolute Gasteiger partial charge is 0.200 e. The molecule has 1 atom stereocenters. The molecule has 0 amide bonds. The number of nitrogens with zero attached hydrogens (tertiary/aromatic N) is 3. The van der Waals surface area contributed by atoms with Crippen LogP contribution in [0.25, 0.3) is 0 Å². The third-order valence-corrected chi connectivity index (χ3v) is 4.95. The molecule has 0 radical (unpaired) electrons. The van der Waals surface area contributed by atoms with Crippen molar-refractivity contribution in [3.8, 4) is 0 Å². The van der Waals surface area contributed by atoms with Crippen LogP contribution in [0.5, 0.6) is 0 Å². The molecule has 17 heavy (non-hydrogen) atoms. The SMILES string of the molecule is Nc1ncc2n1CCS(=O)(=O)C2c1cn[nH]c1. The number of anilines is 1. The van der Waals surface area contributed by atoms with Crippen LogP contribution in [0.1, 0.15) is 16.5 Å². The number of fused-ring (bicyclic) bond motifs is 1. The fourth-order valence-electron chi connectivity index (χ4n) is 2.16. The molecule has 1 unspecified atom stereocenters. The van der Waals surface area contributed by atoms with Gasteiger partial charge >= 0.3 is 0 Å². The van der Waals surface area contributed by atoms with Gasteiger partial charge in [0.25, 0.3) is 0 Å². The maximum atomic E-state index is 12.1. The van der Waals surface area contributed by atoms with Crippen LogP contribution in [0.2, 0.25) is 0 Å². The molecule has 0 bridgehead atoms. The molecule has 0 saturated heterocycles. The fourth-order valence-corrected chi connectivity index (χ4v) is 3.93. The molecule has 90 valence electrons. The highest BCUT2D eigenvalue weighted by Gasteiger charge is 2.36. The zero-order valence-electron chi connectivity index (χ0n) is 8.87. The lowest BCUT2D eigenvalue weighted by atomic mass is 10.2. The number of nitrogens with one attached hydrogen (secondary N) is 1. The van der Waals surface area contributed by atoms with Crippen LogP contribution in [0.15, 0.2) is 18.6 Å². The average Bonchev–Trinajstić information content (AvgIpc) is 2.88. The molecule has 7 nitrogen and oxygen atoms in total. The molecule has 8 heteroatoms. The van der Waals surface area contributed by atoms with Gasteiger partial charge in [-0.25, -0.2) is 13.4 Å². The van der Waals surface area contributed by atoms with E-state index in [1.54, 1.807) is 10.8 Å². The van der Waals surface area contributed by atoms with Crippen molar-refractivity contribution in [3.63, 3.8) is 0 Å². The van der Waals surface area contributed by atoms with E-state index in [4.69, 9.17) is 5.73 Å². The number of hydrogen-bond donors (Lipinski definition) is 2. The second kappa shape index (κ2) is 3.33. The quantitative estimate of drug-likeness (QED) is 0.726. The summed E-state index contributed by atoms with van der Waals surface area (Å²) in [5, 5.41) is 5.70. The first kappa shape index (κ1) is 10.3. The topological polar surface area (TPSA) is 107 Å². The summed E-state index contributed by atoms with van der Waals surface area (Å²) in [6.45, 7) is 0.359. The van der Waals surface area contributed by atoms with E-state index in [-0.39, 0.29) is 5.75 Å². The Hall–Kier alpha value is -1.83. The van der Waals surface area contributed by atoms with Gasteiger partial charge in [0.15, 0.2) is 15.8 Å². The molecule has 2 aromatic rings. The number of sulfone groups is 1. The first-order valence-corrected chi connectivity index (χ1v) is 6.82. The van der Waals surface area contributed by atoms with E-state index >= 15 is 0 Å². The minimum absolute atomic E-state index is 0.0659. The number of nitrogen functional groups attached to an aromatic ring is 1. The third kappa shape index (κ3) is 1.44. The predicted molar refractivity (Wildman–Crippen MR) is 60.9 cm³/mol. The molecule has 0 saturated carbocycles. The van der Waals surface area contributed by atoms with E-state index in [0.717, 1.165) is 0 Å². The van der Waals surface area contributed by atoms with Crippen LogP contribution in [0.3, 0.4) is 0 Å². The van der Waals surface area contributed by atoms with Crippen molar-refractivity contribution in [3.05, 3.63) is 29.8 Å². The van der Waals surface area contributed by atoms with Crippen LogP contribution in [0, 0.1) is 0 Å². The molecule has 3 N–H and O–H groups in total. The van der Waals surface area contributed by atoms with Gasteiger partial charge in [0.1, 0.15) is 5.25 Å². The number of imidazole rings is 1. The van der Waals surface area contributed by atoms with Gasteiger partial charge in [-0.15, -0.1) is 0 Å². The summed E-state index contributed by atoms with van der Waals surface area (Å²) in [4.78, 5) is 3.97. The van der Waals surface area contributed by atoms with Gasteiger partial charge in [0.05, 0.1) is 23.8 Å². The first-order chi connectivity index (χ1) is 8.09. The third-order valence-electron chi connectivity index (χ3n) is 2.97. The molecular weight excluding hydrogens is 242 g/mol. The fraction of sp³-hybridized carbons (Fsp3) is 0.333. The van der Waals surface area contributed by atoms with E-state index in [1.807, 2.05) is 0 Å². The number of hydrogen-bond acceptors (Lipinski definition) is 5. The maximum Gasteiger partial charge on any atom is 0.200 e. The van der Waals surface area contributed by atoms with Crippen LogP contribution in [0.4, 0.5) is 5.95 Å². The summed E-state index contributed by atoms with van der Waals surface area (Å²) >= 11 is 0. The molecule has 2 aromatic heterocycles. The lowest BCUT2D eigenvalue weighted by Crippen LogP contribution is -2.29. The van der Waals surface area contributed by atoms with Crippen LogP contribution in [-0.4, -0.2) is 33.9 Å². The minimum atomic E-state index is -3.22. The Bertz CT molecular complexity index is 643. The zero-order valence-corrected chi connectivity index (χ0v) is 9.68. The van der Waals surface area contributed by atoms with Gasteiger partial charge in [-0.3, -0.25) is 5.10 Å². The number of H-pyrrole nitrogens is 1. The van der Waals surface area contributed by atoms with Gasteiger partial charge in [0, 0.05) is 18.3 Å². The van der Waals surface area contributed by atoms with Gasteiger partial charge in [0.2, 0.25) is 0 Å². The molecular formula is C9H11N5O2S. The summed E-state index contributed by atoms with van der Waals surface area (Å²) in [5.41, 5.74) is 6.92. The molecule has 1 aliphatic heterocycles. The largest absolute Gasteiger partial charge is 0.369 e. The van der Waals surface area contributed by atoms with Gasteiger partial charge in [-0.1, -0.05) is 0 Å². The van der Waals surface area contributed by atoms with Crippen molar-refractivity contribution >= 4 is 15.8 Å². The summed E-state index contributed by atoms with van der Waals surface area (Å²) < 4.78 is 26.0. The number of aromatic nitrogens is 4. The second-order valence-corrected chi connectivity index (χ2v) is 6.18. The minimum Gasteiger partial charge on any atom is -0.369 e. The highest BCUT2D eigenvalue weighted by atomic mass is 32.2. The maximum absolute atomic E-state index is 12.1. The van der Waals surface area contributed by atoms with Gasteiger partial charge in [-0.2, -0.15) is 5.10 Å². The van der Waals surface area contributed by atoms with Crippen molar-refractivity contribution < 1.29 is 8.42 Å². The standard InChI is InChI=1S/C9H11N5O2S/c10-9-11-5-7-8(6-3-12-13-4-6)17(15,16)2-1-14(7)9/h3-5,8H,1-2H2,(H2,10,11)(H,12,13). The monoisotopic (exact) mass is 253 g/mol. The van der Waals surface area contributed by atoms with Crippen LogP contribution < -0.4 is 5.73 Å². The molecule has 1 aliphatic rings. The molecule has 0 aliphatic carbocycles. The lowest BCUT2D eigenvalue weighted by Gasteiger charge is -2.24. The summed E-state index contributed by atoms with van der Waals surface area (Å²) in [6, 6.07) is 0. The van der Waals surface area contributed by atoms with Crippen LogP contribution >= 0.6 is 0 Å². The van der Waals surface area contributed by atoms with E-state index in [9.17, 15) is 8.42 Å². The highest BCUT2D eigenvalue weighted by molar-refractivity contribution is 7.91. The Morgan fingerprint density at radius 3 is 3.00 bits per heavy atom. The van der Waals surface area contributed by atoms with Crippen molar-refractivity contribution in [1.82, 2.24) is 19.7 Å². The summed E-state index contributed by atoms with van der Waals surface area (Å²) in [7, 11) is -3.22. The number of rotatable bonds is 1. The zero-order chi connectivity index (χ0) is 12.0. The first-order valence-electron chi connectivity index (χ1n) is 5.11. The van der Waals surface area contributed by atoms with Crippen molar-refractivity contribution in [1.29, 1.82) is 0 Å². The molecule has 0 spiro atoms. The highest BCUT2D eigenvalue weighted by Crippen LogP contribution is 2.34. The normalized spacial score (nSPS) is 22.2. The second-order valence-electron chi connectivity index (χ2n) is 3.97. The molecule has 0 fully saturated rings. The lowest BCUT2D eigenvalue weighted by molar-refractivity contribution is 0.564. The van der Waals surface area contributed by atoms with Crippen molar-refractivity contribution in [2.75, 3.05) is 11.5 Å². The van der Waals surface area contributed by atoms with Gasteiger partial charge < -0.3 is 10.3 Å². The Kier molecular flexibility index (Phi) is 2.02. The van der Waals surface area contributed by atoms with E-state index in [1.165, 1.54) is 12.4 Å². The predicted octanol–water partition coefficient (Wildman–Crippen LogP) is -0.294. The molecule has 3 heterocycles. The molecule has 0 aromatic carbocycles.